The third-order valence-corrected chi connectivity index (χ3v) is 2.95. The van der Waals surface area contributed by atoms with Gasteiger partial charge in [0.2, 0.25) is 5.82 Å². The molecule has 0 spiro atoms. The van der Waals surface area contributed by atoms with Gasteiger partial charge < -0.3 is 10.1 Å². The van der Waals surface area contributed by atoms with Gasteiger partial charge in [0, 0.05) is 32.5 Å². The van der Waals surface area contributed by atoms with Crippen LogP contribution in [0.4, 0.5) is 11.5 Å². The highest BCUT2D eigenvalue weighted by Gasteiger charge is 2.21. The Labute approximate surface area is 117 Å². The zero-order chi connectivity index (χ0) is 14.5. The van der Waals surface area contributed by atoms with Gasteiger partial charge in [0.25, 0.3) is 0 Å². The molecular formula is C12H18ClN3O3. The van der Waals surface area contributed by atoms with Crippen LogP contribution in [0.15, 0.2) is 12.3 Å². The van der Waals surface area contributed by atoms with Gasteiger partial charge in [-0.25, -0.2) is 4.98 Å². The van der Waals surface area contributed by atoms with Gasteiger partial charge in [-0.3, -0.25) is 10.1 Å². The van der Waals surface area contributed by atoms with Crippen molar-refractivity contribution in [2.75, 3.05) is 25.6 Å². The van der Waals surface area contributed by atoms with E-state index >= 15 is 0 Å². The Morgan fingerprint density at radius 3 is 2.84 bits per heavy atom. The van der Waals surface area contributed by atoms with Crippen LogP contribution in [0.3, 0.4) is 0 Å². The molecule has 6 nitrogen and oxygen atoms in total. The van der Waals surface area contributed by atoms with Crippen molar-refractivity contribution in [2.24, 2.45) is 5.41 Å². The second kappa shape index (κ2) is 6.68. The van der Waals surface area contributed by atoms with E-state index in [-0.39, 0.29) is 21.9 Å². The molecule has 0 aliphatic heterocycles. The summed E-state index contributed by atoms with van der Waals surface area (Å²) in [6, 6.07) is 1.29. The minimum Gasteiger partial charge on any atom is -0.385 e. The molecule has 1 aromatic heterocycles. The van der Waals surface area contributed by atoms with Crippen molar-refractivity contribution < 1.29 is 9.66 Å². The van der Waals surface area contributed by atoms with E-state index in [1.165, 1.54) is 12.3 Å². The summed E-state index contributed by atoms with van der Waals surface area (Å²) in [6.45, 7) is 5.32. The zero-order valence-corrected chi connectivity index (χ0v) is 12.0. The van der Waals surface area contributed by atoms with Crippen LogP contribution in [0.5, 0.6) is 0 Å². The molecule has 19 heavy (non-hydrogen) atoms. The molecule has 106 valence electrons. The van der Waals surface area contributed by atoms with Crippen LogP contribution >= 0.6 is 11.6 Å². The topological polar surface area (TPSA) is 77.3 Å². The number of anilines is 1. The molecule has 0 fully saturated rings. The van der Waals surface area contributed by atoms with Crippen molar-refractivity contribution in [1.82, 2.24) is 4.98 Å². The van der Waals surface area contributed by atoms with E-state index in [0.717, 1.165) is 6.42 Å². The normalized spacial score (nSPS) is 11.4. The number of rotatable bonds is 7. The monoisotopic (exact) mass is 287 g/mol. The van der Waals surface area contributed by atoms with E-state index in [2.05, 4.69) is 24.1 Å². The fourth-order valence-electron chi connectivity index (χ4n) is 1.49. The molecule has 0 bridgehead atoms. The first-order chi connectivity index (χ1) is 8.85. The molecule has 0 atom stereocenters. The third-order valence-electron chi connectivity index (χ3n) is 2.75. The molecule has 0 aliphatic rings. The second-order valence-corrected chi connectivity index (χ2v) is 5.48. The number of hydrogen-bond donors (Lipinski definition) is 1. The number of ether oxygens (including phenoxy) is 1. The SMILES string of the molecule is COCCC(C)(C)CNc1ncc(Cl)cc1[N+](=O)[O-]. The summed E-state index contributed by atoms with van der Waals surface area (Å²) >= 11 is 5.71. The predicted octanol–water partition coefficient (Wildman–Crippen LogP) is 3.12. The highest BCUT2D eigenvalue weighted by atomic mass is 35.5. The Morgan fingerprint density at radius 1 is 1.58 bits per heavy atom. The maximum atomic E-state index is 10.9. The van der Waals surface area contributed by atoms with E-state index in [0.29, 0.717) is 13.2 Å². The van der Waals surface area contributed by atoms with Gasteiger partial charge in [-0.05, 0) is 11.8 Å². The van der Waals surface area contributed by atoms with Crippen LogP contribution in [-0.4, -0.2) is 30.2 Å². The Kier molecular flexibility index (Phi) is 5.50. The van der Waals surface area contributed by atoms with Gasteiger partial charge in [0.15, 0.2) is 0 Å². The highest BCUT2D eigenvalue weighted by molar-refractivity contribution is 6.30. The minimum absolute atomic E-state index is 0.0504. The van der Waals surface area contributed by atoms with E-state index in [1.807, 2.05) is 0 Å². The average Bonchev–Trinajstić information content (AvgIpc) is 2.35. The van der Waals surface area contributed by atoms with Crippen molar-refractivity contribution in [2.45, 2.75) is 20.3 Å². The van der Waals surface area contributed by atoms with E-state index in [4.69, 9.17) is 16.3 Å². The number of hydrogen-bond acceptors (Lipinski definition) is 5. The van der Waals surface area contributed by atoms with Crippen LogP contribution in [0, 0.1) is 15.5 Å². The molecule has 0 aromatic carbocycles. The van der Waals surface area contributed by atoms with Crippen molar-refractivity contribution in [3.05, 3.63) is 27.4 Å². The van der Waals surface area contributed by atoms with Gasteiger partial charge in [0.05, 0.1) is 9.95 Å². The molecule has 1 heterocycles. The molecule has 0 unspecified atom stereocenters. The molecule has 0 radical (unpaired) electrons. The first-order valence-electron chi connectivity index (χ1n) is 5.88. The third kappa shape index (κ3) is 5.00. The molecule has 1 rings (SSSR count). The first kappa shape index (κ1) is 15.7. The number of methoxy groups -OCH3 is 1. The van der Waals surface area contributed by atoms with Gasteiger partial charge in [0.1, 0.15) is 0 Å². The largest absolute Gasteiger partial charge is 0.385 e. The summed E-state index contributed by atoms with van der Waals surface area (Å²) < 4.78 is 5.04. The van der Waals surface area contributed by atoms with E-state index in [9.17, 15) is 10.1 Å². The molecule has 0 aliphatic carbocycles. The quantitative estimate of drug-likeness (QED) is 0.616. The number of aromatic nitrogens is 1. The summed E-state index contributed by atoms with van der Waals surface area (Å²) in [5, 5.41) is 14.2. The Balaban J connectivity index is 2.75. The molecule has 1 aromatic rings. The molecule has 0 saturated heterocycles. The Bertz CT molecular complexity index is 452. The molecule has 7 heteroatoms. The number of pyridine rings is 1. The Hall–Kier alpha value is -1.40. The van der Waals surface area contributed by atoms with Crippen LogP contribution in [0.1, 0.15) is 20.3 Å². The van der Waals surface area contributed by atoms with Crippen LogP contribution < -0.4 is 5.32 Å². The summed E-state index contributed by atoms with van der Waals surface area (Å²) in [5.74, 6) is 0.236. The average molecular weight is 288 g/mol. The van der Waals surface area contributed by atoms with Crippen molar-refractivity contribution >= 4 is 23.1 Å². The fraction of sp³-hybridized carbons (Fsp3) is 0.583. The van der Waals surface area contributed by atoms with Gasteiger partial charge in [-0.2, -0.15) is 0 Å². The van der Waals surface area contributed by atoms with Crippen molar-refractivity contribution in [3.8, 4) is 0 Å². The number of nitrogens with zero attached hydrogens (tertiary/aromatic N) is 2. The van der Waals surface area contributed by atoms with E-state index < -0.39 is 4.92 Å². The summed E-state index contributed by atoms with van der Waals surface area (Å²) in [7, 11) is 1.65. The highest BCUT2D eigenvalue weighted by Crippen LogP contribution is 2.27. The lowest BCUT2D eigenvalue weighted by atomic mass is 9.90. The van der Waals surface area contributed by atoms with Crippen LogP contribution in [-0.2, 0) is 4.74 Å². The van der Waals surface area contributed by atoms with Gasteiger partial charge in [-0.15, -0.1) is 0 Å². The Morgan fingerprint density at radius 2 is 2.26 bits per heavy atom. The molecule has 1 N–H and O–H groups in total. The first-order valence-corrected chi connectivity index (χ1v) is 6.26. The zero-order valence-electron chi connectivity index (χ0n) is 11.3. The number of nitrogens with one attached hydrogen (secondary N) is 1. The second-order valence-electron chi connectivity index (χ2n) is 5.04. The minimum atomic E-state index is -0.497. The van der Waals surface area contributed by atoms with Gasteiger partial charge >= 0.3 is 5.69 Å². The van der Waals surface area contributed by atoms with E-state index in [1.54, 1.807) is 7.11 Å². The fourth-order valence-corrected chi connectivity index (χ4v) is 1.65. The summed E-state index contributed by atoms with van der Waals surface area (Å²) in [4.78, 5) is 14.4. The van der Waals surface area contributed by atoms with Crippen LogP contribution in [0.2, 0.25) is 5.02 Å². The molecule has 0 saturated carbocycles. The standard InChI is InChI=1S/C12H18ClN3O3/c1-12(2,4-5-19-3)8-15-11-10(16(17)18)6-9(13)7-14-11/h6-7H,4-5,8H2,1-3H3,(H,14,15). The van der Waals surface area contributed by atoms with Gasteiger partial charge in [-0.1, -0.05) is 25.4 Å². The smallest absolute Gasteiger partial charge is 0.312 e. The molecular weight excluding hydrogens is 270 g/mol. The maximum absolute atomic E-state index is 10.9. The van der Waals surface area contributed by atoms with Crippen molar-refractivity contribution in [1.29, 1.82) is 0 Å². The summed E-state index contributed by atoms with van der Waals surface area (Å²) in [6.07, 6.45) is 2.23. The number of nitro groups is 1. The predicted molar refractivity (Wildman–Crippen MR) is 74.7 cm³/mol. The maximum Gasteiger partial charge on any atom is 0.312 e. The summed E-state index contributed by atoms with van der Waals surface area (Å²) in [5.41, 5.74) is -0.166. The lowest BCUT2D eigenvalue weighted by Gasteiger charge is -2.24. The van der Waals surface area contributed by atoms with Crippen molar-refractivity contribution in [3.63, 3.8) is 0 Å². The lowest BCUT2D eigenvalue weighted by molar-refractivity contribution is -0.384. The molecule has 0 amide bonds. The number of halogens is 1. The van der Waals surface area contributed by atoms with Crippen LogP contribution in [0.25, 0.3) is 0 Å². The lowest BCUT2D eigenvalue weighted by Crippen LogP contribution is -2.25.